The van der Waals surface area contributed by atoms with Crippen LogP contribution in [0.25, 0.3) is 0 Å². The first kappa shape index (κ1) is 11.8. The Labute approximate surface area is 103 Å². The lowest BCUT2D eigenvalue weighted by atomic mass is 10.0. The third-order valence-corrected chi connectivity index (χ3v) is 3.59. The molecule has 0 saturated carbocycles. The predicted octanol–water partition coefficient (Wildman–Crippen LogP) is 3.23. The van der Waals surface area contributed by atoms with Crippen LogP contribution in [-0.2, 0) is 0 Å². The second-order valence-electron chi connectivity index (χ2n) is 2.92. The highest BCUT2D eigenvalue weighted by Crippen LogP contribution is 2.24. The number of terminal acetylenes is 1. The van der Waals surface area contributed by atoms with E-state index in [0.717, 1.165) is 14.2 Å². The molecule has 0 aromatic heterocycles. The molecule has 0 aliphatic carbocycles. The normalized spacial score (nSPS) is 12.1. The monoisotopic (exact) mass is 319 g/mol. The summed E-state index contributed by atoms with van der Waals surface area (Å²) in [6.07, 6.45) is 5.96. The van der Waals surface area contributed by atoms with Crippen LogP contribution in [0, 0.1) is 15.9 Å². The number of hydrogen-bond donors (Lipinski definition) is 1. The van der Waals surface area contributed by atoms with E-state index < -0.39 is 0 Å². The zero-order chi connectivity index (χ0) is 10.6. The second-order valence-corrected chi connectivity index (χ2v) is 4.49. The minimum Gasteiger partial charge on any atom is -0.312 e. The highest BCUT2D eigenvalue weighted by Gasteiger charge is 2.08. The molecule has 0 aliphatic rings. The molecule has 0 amide bonds. The van der Waals surface area contributed by atoms with Crippen LogP contribution in [0.3, 0.4) is 0 Å². The molecule has 0 radical (unpaired) electrons. The molecule has 0 heterocycles. The van der Waals surface area contributed by atoms with E-state index in [1.807, 2.05) is 25.2 Å². The standard InChI is InChI=1S/C11H11ClIN/c1-3-4-11(14-2)8-5-6-10(13)9(12)7-8/h1,5-7,11,14H,4H2,2H3. The molecule has 0 fully saturated rings. The van der Waals surface area contributed by atoms with Crippen molar-refractivity contribution < 1.29 is 0 Å². The van der Waals surface area contributed by atoms with Gasteiger partial charge in [-0.25, -0.2) is 0 Å². The minimum absolute atomic E-state index is 0.189. The van der Waals surface area contributed by atoms with Crippen molar-refractivity contribution in [1.82, 2.24) is 5.32 Å². The van der Waals surface area contributed by atoms with Crippen LogP contribution in [0.2, 0.25) is 5.02 Å². The second kappa shape index (κ2) is 5.59. The fourth-order valence-corrected chi connectivity index (χ4v) is 1.76. The molecule has 0 bridgehead atoms. The fourth-order valence-electron chi connectivity index (χ4n) is 1.23. The van der Waals surface area contributed by atoms with Crippen molar-refractivity contribution in [3.8, 4) is 12.3 Å². The summed E-state index contributed by atoms with van der Waals surface area (Å²) in [6.45, 7) is 0. The van der Waals surface area contributed by atoms with E-state index in [0.29, 0.717) is 6.42 Å². The summed E-state index contributed by atoms with van der Waals surface area (Å²) in [5.74, 6) is 2.64. The van der Waals surface area contributed by atoms with Gasteiger partial charge in [-0.3, -0.25) is 0 Å². The first-order valence-electron chi connectivity index (χ1n) is 4.24. The van der Waals surface area contributed by atoms with E-state index in [2.05, 4.69) is 33.8 Å². The molecule has 0 spiro atoms. The average Bonchev–Trinajstić information content (AvgIpc) is 2.19. The summed E-state index contributed by atoms with van der Waals surface area (Å²) in [6, 6.07) is 6.20. The van der Waals surface area contributed by atoms with E-state index >= 15 is 0 Å². The molecule has 1 N–H and O–H groups in total. The van der Waals surface area contributed by atoms with Crippen molar-refractivity contribution in [1.29, 1.82) is 0 Å². The van der Waals surface area contributed by atoms with Gasteiger partial charge in [0.15, 0.2) is 0 Å². The molecule has 1 unspecified atom stereocenters. The van der Waals surface area contributed by atoms with Crippen molar-refractivity contribution in [2.75, 3.05) is 7.05 Å². The highest BCUT2D eigenvalue weighted by molar-refractivity contribution is 14.1. The summed E-state index contributed by atoms with van der Waals surface area (Å²) >= 11 is 8.23. The van der Waals surface area contributed by atoms with Crippen molar-refractivity contribution in [2.24, 2.45) is 0 Å². The van der Waals surface area contributed by atoms with E-state index in [1.165, 1.54) is 0 Å². The van der Waals surface area contributed by atoms with E-state index in [1.54, 1.807) is 0 Å². The van der Waals surface area contributed by atoms with Gasteiger partial charge in [0, 0.05) is 16.0 Å². The number of benzene rings is 1. The maximum Gasteiger partial charge on any atom is 0.0542 e. The van der Waals surface area contributed by atoms with Gasteiger partial charge >= 0.3 is 0 Å². The van der Waals surface area contributed by atoms with Crippen LogP contribution >= 0.6 is 34.2 Å². The van der Waals surface area contributed by atoms with Crippen LogP contribution < -0.4 is 5.32 Å². The lowest BCUT2D eigenvalue weighted by Gasteiger charge is -2.14. The third-order valence-electron chi connectivity index (χ3n) is 2.02. The lowest BCUT2D eigenvalue weighted by Crippen LogP contribution is -2.15. The van der Waals surface area contributed by atoms with Crippen molar-refractivity contribution in [3.63, 3.8) is 0 Å². The van der Waals surface area contributed by atoms with Gasteiger partial charge in [-0.15, -0.1) is 12.3 Å². The minimum atomic E-state index is 0.189. The molecular formula is C11H11ClIN. The molecule has 0 saturated heterocycles. The predicted molar refractivity (Wildman–Crippen MR) is 69.4 cm³/mol. The average molecular weight is 320 g/mol. The van der Waals surface area contributed by atoms with E-state index in [4.69, 9.17) is 18.0 Å². The molecule has 0 aliphatic heterocycles. The topological polar surface area (TPSA) is 12.0 Å². The number of nitrogens with one attached hydrogen (secondary N) is 1. The summed E-state index contributed by atoms with van der Waals surface area (Å²) in [4.78, 5) is 0. The fraction of sp³-hybridized carbons (Fsp3) is 0.273. The lowest BCUT2D eigenvalue weighted by molar-refractivity contribution is 0.611. The molecule has 1 nitrogen and oxygen atoms in total. The van der Waals surface area contributed by atoms with Gasteiger partial charge in [0.2, 0.25) is 0 Å². The summed E-state index contributed by atoms with van der Waals surface area (Å²) < 4.78 is 1.06. The van der Waals surface area contributed by atoms with Gasteiger partial charge in [0.1, 0.15) is 0 Å². The zero-order valence-electron chi connectivity index (χ0n) is 7.85. The maximum absolute atomic E-state index is 6.03. The molecule has 1 aromatic carbocycles. The zero-order valence-corrected chi connectivity index (χ0v) is 10.8. The Hall–Kier alpha value is -0.240. The SMILES string of the molecule is C#CCC(NC)c1ccc(I)c(Cl)c1. The van der Waals surface area contributed by atoms with Crippen molar-refractivity contribution in [2.45, 2.75) is 12.5 Å². The van der Waals surface area contributed by atoms with Crippen LogP contribution in [-0.4, -0.2) is 7.05 Å². The first-order chi connectivity index (χ1) is 6.69. The Kier molecular flexibility index (Phi) is 4.73. The van der Waals surface area contributed by atoms with Gasteiger partial charge in [0.25, 0.3) is 0 Å². The van der Waals surface area contributed by atoms with Gasteiger partial charge in [0.05, 0.1) is 5.02 Å². The molecule has 14 heavy (non-hydrogen) atoms. The summed E-state index contributed by atoms with van der Waals surface area (Å²) in [7, 11) is 1.90. The van der Waals surface area contributed by atoms with Crippen molar-refractivity contribution in [3.05, 3.63) is 32.4 Å². The van der Waals surface area contributed by atoms with Crippen molar-refractivity contribution >= 4 is 34.2 Å². The Bertz CT molecular complexity index is 357. The third kappa shape index (κ3) is 2.88. The molecule has 1 aromatic rings. The van der Waals surface area contributed by atoms with Gasteiger partial charge in [-0.1, -0.05) is 17.7 Å². The number of hydrogen-bond acceptors (Lipinski definition) is 1. The smallest absolute Gasteiger partial charge is 0.0542 e. The Morgan fingerprint density at radius 3 is 2.86 bits per heavy atom. The Balaban J connectivity index is 2.95. The molecule has 74 valence electrons. The van der Waals surface area contributed by atoms with Crippen LogP contribution in [0.1, 0.15) is 18.0 Å². The molecule has 1 atom stereocenters. The van der Waals surface area contributed by atoms with E-state index in [9.17, 15) is 0 Å². The largest absolute Gasteiger partial charge is 0.312 e. The van der Waals surface area contributed by atoms with E-state index in [-0.39, 0.29) is 6.04 Å². The molecule has 3 heteroatoms. The highest BCUT2D eigenvalue weighted by atomic mass is 127. The van der Waals surface area contributed by atoms with Gasteiger partial charge < -0.3 is 5.32 Å². The van der Waals surface area contributed by atoms with Crippen LogP contribution in [0.4, 0.5) is 0 Å². The van der Waals surface area contributed by atoms with Crippen LogP contribution in [0.5, 0.6) is 0 Å². The molecular weight excluding hydrogens is 308 g/mol. The summed E-state index contributed by atoms with van der Waals surface area (Å²) in [5.41, 5.74) is 1.14. The summed E-state index contributed by atoms with van der Waals surface area (Å²) in [5, 5.41) is 3.94. The Morgan fingerprint density at radius 2 is 2.36 bits per heavy atom. The maximum atomic E-state index is 6.03. The van der Waals surface area contributed by atoms with Gasteiger partial charge in [-0.2, -0.15) is 0 Å². The first-order valence-corrected chi connectivity index (χ1v) is 5.70. The number of rotatable bonds is 3. The Morgan fingerprint density at radius 1 is 1.64 bits per heavy atom. The molecule has 1 rings (SSSR count). The number of halogens is 2. The van der Waals surface area contributed by atoms with Gasteiger partial charge in [-0.05, 0) is 47.3 Å². The van der Waals surface area contributed by atoms with Crippen LogP contribution in [0.15, 0.2) is 18.2 Å². The quantitative estimate of drug-likeness (QED) is 0.666.